The molecule has 0 spiro atoms. The van der Waals surface area contributed by atoms with Gasteiger partial charge in [-0.25, -0.2) is 9.18 Å². The number of nitrogens with zero attached hydrogens (tertiary/aromatic N) is 2. The third-order valence-electron chi connectivity index (χ3n) is 5.02. The van der Waals surface area contributed by atoms with Crippen LogP contribution in [0, 0.1) is 12.7 Å². The van der Waals surface area contributed by atoms with E-state index >= 15 is 0 Å². The first-order chi connectivity index (χ1) is 13.5. The van der Waals surface area contributed by atoms with E-state index in [0.29, 0.717) is 33.4 Å². The van der Waals surface area contributed by atoms with Crippen LogP contribution in [0.3, 0.4) is 0 Å². The van der Waals surface area contributed by atoms with E-state index in [1.54, 1.807) is 24.0 Å². The van der Waals surface area contributed by atoms with E-state index in [1.807, 2.05) is 25.1 Å². The van der Waals surface area contributed by atoms with E-state index in [9.17, 15) is 9.18 Å². The molecular formula is C21H19ClFN3O2. The summed E-state index contributed by atoms with van der Waals surface area (Å²) in [6.45, 7) is 3.70. The molecule has 0 saturated heterocycles. The Kier molecular flexibility index (Phi) is 4.81. The van der Waals surface area contributed by atoms with Gasteiger partial charge in [0.2, 0.25) is 0 Å². The number of aryl methyl sites for hydroxylation is 2. The lowest BCUT2D eigenvalue weighted by atomic mass is 9.97. The fourth-order valence-electron chi connectivity index (χ4n) is 3.55. The molecule has 0 unspecified atom stereocenters. The number of fused-ring (bicyclic) bond motifs is 1. The fraction of sp³-hybridized carbons (Fsp3) is 0.238. The quantitative estimate of drug-likeness (QED) is 0.591. The number of aromatic nitrogens is 1. The second kappa shape index (κ2) is 7.28. The van der Waals surface area contributed by atoms with Crippen molar-refractivity contribution in [2.24, 2.45) is 0 Å². The Morgan fingerprint density at radius 1 is 1.32 bits per heavy atom. The van der Waals surface area contributed by atoms with Gasteiger partial charge in [-0.15, -0.1) is 0 Å². The number of carbonyl (C=O) groups excluding carboxylic acids is 1. The number of urea groups is 1. The molecule has 1 aliphatic heterocycles. The van der Waals surface area contributed by atoms with Crippen molar-refractivity contribution in [3.05, 3.63) is 64.6 Å². The number of anilines is 2. The van der Waals surface area contributed by atoms with Gasteiger partial charge >= 0.3 is 6.03 Å². The third kappa shape index (κ3) is 3.24. The van der Waals surface area contributed by atoms with Gasteiger partial charge in [0.25, 0.3) is 0 Å². The van der Waals surface area contributed by atoms with Crippen molar-refractivity contribution in [2.45, 2.75) is 32.7 Å². The van der Waals surface area contributed by atoms with Gasteiger partial charge in [-0.2, -0.15) is 0 Å². The number of amides is 2. The van der Waals surface area contributed by atoms with Crippen LogP contribution in [-0.2, 0) is 6.42 Å². The SMILES string of the molecule is Cc1onc(-c2ccccc2Cl)c1NC(=O)N1c2ccc(F)cc2CC[C@@H]1C. The van der Waals surface area contributed by atoms with Gasteiger partial charge in [-0.3, -0.25) is 4.90 Å². The minimum absolute atomic E-state index is 0.0260. The van der Waals surface area contributed by atoms with Crippen molar-refractivity contribution >= 4 is 29.0 Å². The maximum Gasteiger partial charge on any atom is 0.326 e. The number of hydrogen-bond acceptors (Lipinski definition) is 3. The average molecular weight is 400 g/mol. The van der Waals surface area contributed by atoms with Crippen molar-refractivity contribution in [2.75, 3.05) is 10.2 Å². The Hall–Kier alpha value is -2.86. The minimum Gasteiger partial charge on any atom is -0.359 e. The Morgan fingerprint density at radius 2 is 2.11 bits per heavy atom. The zero-order valence-corrected chi connectivity index (χ0v) is 16.3. The number of carbonyl (C=O) groups is 1. The van der Waals surface area contributed by atoms with Gasteiger partial charge in [0.05, 0.1) is 5.02 Å². The monoisotopic (exact) mass is 399 g/mol. The second-order valence-corrected chi connectivity index (χ2v) is 7.31. The molecule has 1 aromatic heterocycles. The van der Waals surface area contributed by atoms with Crippen molar-refractivity contribution < 1.29 is 13.7 Å². The predicted octanol–water partition coefficient (Wildman–Crippen LogP) is 5.82. The van der Waals surface area contributed by atoms with Crippen LogP contribution >= 0.6 is 11.6 Å². The largest absolute Gasteiger partial charge is 0.359 e. The van der Waals surface area contributed by atoms with Gasteiger partial charge in [0.1, 0.15) is 17.2 Å². The molecule has 1 N–H and O–H groups in total. The molecule has 1 atom stereocenters. The van der Waals surface area contributed by atoms with Crippen LogP contribution in [0.1, 0.15) is 24.7 Å². The molecular weight excluding hydrogens is 381 g/mol. The van der Waals surface area contributed by atoms with E-state index in [1.165, 1.54) is 12.1 Å². The summed E-state index contributed by atoms with van der Waals surface area (Å²) >= 11 is 6.29. The molecule has 1 aliphatic rings. The van der Waals surface area contributed by atoms with Crippen molar-refractivity contribution in [1.82, 2.24) is 5.16 Å². The van der Waals surface area contributed by atoms with E-state index in [4.69, 9.17) is 16.1 Å². The first-order valence-corrected chi connectivity index (χ1v) is 9.43. The van der Waals surface area contributed by atoms with Crippen molar-refractivity contribution in [1.29, 1.82) is 0 Å². The van der Waals surface area contributed by atoms with Gasteiger partial charge in [-0.1, -0.05) is 35.0 Å². The molecule has 28 heavy (non-hydrogen) atoms. The molecule has 0 aliphatic carbocycles. The van der Waals surface area contributed by atoms with Crippen molar-refractivity contribution in [3.63, 3.8) is 0 Å². The summed E-state index contributed by atoms with van der Waals surface area (Å²) in [7, 11) is 0. The van der Waals surface area contributed by atoms with Crippen LogP contribution in [0.15, 0.2) is 47.0 Å². The van der Waals surface area contributed by atoms with E-state index in [2.05, 4.69) is 10.5 Å². The molecule has 144 valence electrons. The molecule has 5 nitrogen and oxygen atoms in total. The van der Waals surface area contributed by atoms with Crippen LogP contribution in [0.4, 0.5) is 20.6 Å². The number of nitrogens with one attached hydrogen (secondary N) is 1. The second-order valence-electron chi connectivity index (χ2n) is 6.90. The van der Waals surface area contributed by atoms with Crippen LogP contribution in [0.2, 0.25) is 5.02 Å². The molecule has 3 aromatic rings. The zero-order valence-electron chi connectivity index (χ0n) is 15.5. The molecule has 7 heteroatoms. The summed E-state index contributed by atoms with van der Waals surface area (Å²) in [5, 5.41) is 7.51. The summed E-state index contributed by atoms with van der Waals surface area (Å²) < 4.78 is 18.9. The molecule has 0 bridgehead atoms. The first kappa shape index (κ1) is 18.5. The van der Waals surface area contributed by atoms with E-state index < -0.39 is 0 Å². The summed E-state index contributed by atoms with van der Waals surface area (Å²) in [4.78, 5) is 14.8. The van der Waals surface area contributed by atoms with Crippen LogP contribution in [0.25, 0.3) is 11.3 Å². The molecule has 0 saturated carbocycles. The number of halogens is 2. The Labute approximate surface area is 167 Å². The molecule has 0 fully saturated rings. The summed E-state index contributed by atoms with van der Waals surface area (Å²) in [5.74, 6) is 0.178. The maximum absolute atomic E-state index is 13.6. The lowest BCUT2D eigenvalue weighted by molar-refractivity contribution is 0.254. The Bertz CT molecular complexity index is 1050. The van der Waals surface area contributed by atoms with Crippen LogP contribution in [0.5, 0.6) is 0 Å². The lowest BCUT2D eigenvalue weighted by Gasteiger charge is -2.35. The number of hydrogen-bond donors (Lipinski definition) is 1. The van der Waals surface area contributed by atoms with Gasteiger partial charge in [0, 0.05) is 17.3 Å². The highest BCUT2D eigenvalue weighted by Gasteiger charge is 2.30. The number of benzene rings is 2. The average Bonchev–Trinajstić information content (AvgIpc) is 3.02. The smallest absolute Gasteiger partial charge is 0.326 e. The molecule has 2 heterocycles. The van der Waals surface area contributed by atoms with E-state index in [-0.39, 0.29) is 17.9 Å². The van der Waals surface area contributed by atoms with Crippen molar-refractivity contribution in [3.8, 4) is 11.3 Å². The van der Waals surface area contributed by atoms with Crippen LogP contribution < -0.4 is 10.2 Å². The highest BCUT2D eigenvalue weighted by molar-refractivity contribution is 6.33. The minimum atomic E-state index is -0.320. The van der Waals surface area contributed by atoms with Gasteiger partial charge < -0.3 is 9.84 Å². The molecule has 0 radical (unpaired) electrons. The number of rotatable bonds is 2. The lowest BCUT2D eigenvalue weighted by Crippen LogP contribution is -2.44. The maximum atomic E-state index is 13.6. The fourth-order valence-corrected chi connectivity index (χ4v) is 3.78. The summed E-state index contributed by atoms with van der Waals surface area (Å²) in [5.41, 5.74) is 3.15. The predicted molar refractivity (Wildman–Crippen MR) is 107 cm³/mol. The topological polar surface area (TPSA) is 58.4 Å². The summed E-state index contributed by atoms with van der Waals surface area (Å²) in [6, 6.07) is 11.4. The third-order valence-corrected chi connectivity index (χ3v) is 5.35. The Morgan fingerprint density at radius 3 is 2.89 bits per heavy atom. The van der Waals surface area contributed by atoms with E-state index in [0.717, 1.165) is 18.4 Å². The highest BCUT2D eigenvalue weighted by atomic mass is 35.5. The van der Waals surface area contributed by atoms with Gasteiger partial charge in [0.15, 0.2) is 5.76 Å². The van der Waals surface area contributed by atoms with Gasteiger partial charge in [-0.05, 0) is 56.5 Å². The first-order valence-electron chi connectivity index (χ1n) is 9.05. The zero-order chi connectivity index (χ0) is 19.8. The molecule has 2 amide bonds. The normalized spacial score (nSPS) is 16.0. The molecule has 4 rings (SSSR count). The molecule has 2 aromatic carbocycles. The highest BCUT2D eigenvalue weighted by Crippen LogP contribution is 2.36. The standard InChI is InChI=1S/C21H19ClFN3O2/c1-12-7-8-14-11-15(23)9-10-18(14)26(12)21(27)24-19-13(2)28-25-20(19)16-5-3-4-6-17(16)22/h3-6,9-12H,7-8H2,1-2H3,(H,24,27)/t12-/m0/s1. The summed E-state index contributed by atoms with van der Waals surface area (Å²) in [6.07, 6.45) is 1.49. The Balaban J connectivity index is 1.69. The van der Waals surface area contributed by atoms with Crippen LogP contribution in [-0.4, -0.2) is 17.2 Å².